The van der Waals surface area contributed by atoms with E-state index in [4.69, 9.17) is 14.2 Å². The van der Waals surface area contributed by atoms with Crippen LogP contribution in [0.1, 0.15) is 19.4 Å². The highest BCUT2D eigenvalue weighted by atomic mass is 79.9. The fourth-order valence-corrected chi connectivity index (χ4v) is 3.24. The van der Waals surface area contributed by atoms with Crippen LogP contribution in [0.3, 0.4) is 0 Å². The topological polar surface area (TPSA) is 65.1 Å². The molecule has 1 aromatic carbocycles. The van der Waals surface area contributed by atoms with Gasteiger partial charge in [-0.3, -0.25) is 4.79 Å². The number of benzene rings is 1. The number of allylic oxidation sites excluding steroid dienone is 1. The molecule has 1 aromatic rings. The van der Waals surface area contributed by atoms with Crippen LogP contribution in [-0.4, -0.2) is 37.2 Å². The zero-order chi connectivity index (χ0) is 17.4. The van der Waals surface area contributed by atoms with Crippen molar-refractivity contribution in [2.45, 2.75) is 13.8 Å². The summed E-state index contributed by atoms with van der Waals surface area (Å²) in [5.41, 5.74) is 1.90. The molecular weight excluding hydrogens is 378 g/mol. The fraction of sp³-hybridized carbons (Fsp3) is 0.294. The average Bonchev–Trinajstić information content (AvgIpc) is 3.09. The van der Waals surface area contributed by atoms with Crippen molar-refractivity contribution in [3.05, 3.63) is 39.0 Å². The van der Waals surface area contributed by atoms with Crippen LogP contribution in [-0.2, 0) is 14.3 Å². The molecule has 2 aliphatic rings. The van der Waals surface area contributed by atoms with Crippen LogP contribution in [0.25, 0.3) is 6.08 Å². The van der Waals surface area contributed by atoms with Crippen LogP contribution in [0.5, 0.6) is 11.5 Å². The Bertz CT molecular complexity index is 796. The second-order valence-electron chi connectivity index (χ2n) is 5.29. The summed E-state index contributed by atoms with van der Waals surface area (Å²) in [5.74, 6) is 0.486. The maximum atomic E-state index is 12.7. The first kappa shape index (κ1) is 16.6. The highest BCUT2D eigenvalue weighted by Gasteiger charge is 2.36. The van der Waals surface area contributed by atoms with Gasteiger partial charge in [0.05, 0.1) is 18.3 Å². The molecule has 0 unspecified atom stereocenters. The van der Waals surface area contributed by atoms with Crippen molar-refractivity contribution in [1.82, 2.24) is 4.90 Å². The third kappa shape index (κ3) is 2.58. The second-order valence-corrected chi connectivity index (χ2v) is 6.14. The van der Waals surface area contributed by atoms with E-state index in [9.17, 15) is 9.59 Å². The third-order valence-electron chi connectivity index (χ3n) is 4.01. The van der Waals surface area contributed by atoms with E-state index >= 15 is 0 Å². The molecule has 0 saturated carbocycles. The Morgan fingerprint density at radius 1 is 1.38 bits per heavy atom. The lowest BCUT2D eigenvalue weighted by atomic mass is 10.0. The molecule has 0 saturated heterocycles. The van der Waals surface area contributed by atoms with Crippen molar-refractivity contribution < 1.29 is 23.8 Å². The SMILES string of the molecule is CCN1C(=O)/C(=C\c2cc3c(cc2Br)OCO3)C(C(=O)OC)=C1C. The monoisotopic (exact) mass is 393 g/mol. The summed E-state index contributed by atoms with van der Waals surface area (Å²) in [6.07, 6.45) is 1.67. The number of amides is 1. The number of fused-ring (bicyclic) bond motifs is 1. The zero-order valence-corrected chi connectivity index (χ0v) is 15.1. The standard InChI is InChI=1S/C17H16BrNO5/c1-4-19-9(2)15(17(21)22-3)11(16(19)20)5-10-6-13-14(7-12(10)18)24-8-23-13/h5-7H,4,8H2,1-3H3/b11-5-. The zero-order valence-electron chi connectivity index (χ0n) is 13.5. The van der Waals surface area contributed by atoms with Crippen molar-refractivity contribution in [3.63, 3.8) is 0 Å². The van der Waals surface area contributed by atoms with Crippen molar-refractivity contribution in [2.24, 2.45) is 0 Å². The molecule has 0 spiro atoms. The van der Waals surface area contributed by atoms with E-state index in [0.717, 1.165) is 10.0 Å². The molecular formula is C17H16BrNO5. The minimum atomic E-state index is -0.528. The predicted octanol–water partition coefficient (Wildman–Crippen LogP) is 2.87. The van der Waals surface area contributed by atoms with Crippen LogP contribution in [0.2, 0.25) is 0 Å². The van der Waals surface area contributed by atoms with Gasteiger partial charge >= 0.3 is 5.97 Å². The van der Waals surface area contributed by atoms with E-state index in [-0.39, 0.29) is 18.3 Å². The summed E-state index contributed by atoms with van der Waals surface area (Å²) >= 11 is 3.46. The number of carbonyl (C=O) groups is 2. The number of ether oxygens (including phenoxy) is 3. The van der Waals surface area contributed by atoms with E-state index in [1.54, 1.807) is 30.0 Å². The average molecular weight is 394 g/mol. The van der Waals surface area contributed by atoms with E-state index in [2.05, 4.69) is 15.9 Å². The first-order valence-electron chi connectivity index (χ1n) is 7.40. The Hall–Kier alpha value is -2.28. The molecule has 3 rings (SSSR count). The highest BCUT2D eigenvalue weighted by Crippen LogP contribution is 2.39. The lowest BCUT2D eigenvalue weighted by molar-refractivity contribution is -0.136. The second kappa shape index (κ2) is 6.32. The summed E-state index contributed by atoms with van der Waals surface area (Å²) in [6.45, 7) is 4.24. The maximum Gasteiger partial charge on any atom is 0.340 e. The fourth-order valence-electron chi connectivity index (χ4n) is 2.81. The van der Waals surface area contributed by atoms with Crippen molar-refractivity contribution >= 4 is 33.9 Å². The van der Waals surface area contributed by atoms with E-state index < -0.39 is 5.97 Å². The Morgan fingerprint density at radius 3 is 2.67 bits per heavy atom. The largest absolute Gasteiger partial charge is 0.465 e. The lowest BCUT2D eigenvalue weighted by Gasteiger charge is -2.14. The Morgan fingerprint density at radius 2 is 2.04 bits per heavy atom. The third-order valence-corrected chi connectivity index (χ3v) is 4.70. The molecule has 0 aromatic heterocycles. The number of esters is 1. The van der Waals surface area contributed by atoms with Gasteiger partial charge in [-0.15, -0.1) is 0 Å². The van der Waals surface area contributed by atoms with Crippen LogP contribution < -0.4 is 9.47 Å². The van der Waals surface area contributed by atoms with Crippen LogP contribution in [0.15, 0.2) is 33.4 Å². The summed E-state index contributed by atoms with van der Waals surface area (Å²) in [5, 5.41) is 0. The summed E-state index contributed by atoms with van der Waals surface area (Å²) < 4.78 is 16.3. The van der Waals surface area contributed by atoms with Gasteiger partial charge in [-0.2, -0.15) is 0 Å². The molecule has 6 nitrogen and oxygen atoms in total. The number of carbonyl (C=O) groups excluding carboxylic acids is 2. The Balaban J connectivity index is 2.11. The number of hydrogen-bond acceptors (Lipinski definition) is 5. The summed E-state index contributed by atoms with van der Waals surface area (Å²) in [4.78, 5) is 26.4. The molecule has 0 bridgehead atoms. The van der Waals surface area contributed by atoms with E-state index in [1.807, 2.05) is 6.92 Å². The first-order valence-corrected chi connectivity index (χ1v) is 8.19. The number of nitrogens with zero attached hydrogens (tertiary/aromatic N) is 1. The molecule has 24 heavy (non-hydrogen) atoms. The summed E-state index contributed by atoms with van der Waals surface area (Å²) in [6, 6.07) is 3.55. The van der Waals surface area contributed by atoms with Gasteiger partial charge in [-0.25, -0.2) is 4.79 Å². The quantitative estimate of drug-likeness (QED) is 0.583. The molecule has 1 amide bonds. The van der Waals surface area contributed by atoms with Gasteiger partial charge in [-0.1, -0.05) is 15.9 Å². The van der Waals surface area contributed by atoms with Crippen LogP contribution >= 0.6 is 15.9 Å². The minimum Gasteiger partial charge on any atom is -0.465 e. The van der Waals surface area contributed by atoms with Gasteiger partial charge in [0, 0.05) is 16.7 Å². The molecule has 0 atom stereocenters. The van der Waals surface area contributed by atoms with E-state index in [0.29, 0.717) is 29.3 Å². The number of hydrogen-bond donors (Lipinski definition) is 0. The van der Waals surface area contributed by atoms with Gasteiger partial charge in [-0.05, 0) is 37.6 Å². The molecule has 0 fully saturated rings. The number of likely N-dealkylation sites (N-methyl/N-ethyl adjacent to an activating group) is 1. The van der Waals surface area contributed by atoms with Gasteiger partial charge in [0.15, 0.2) is 11.5 Å². The Labute approximate surface area is 147 Å². The van der Waals surface area contributed by atoms with Crippen molar-refractivity contribution in [1.29, 1.82) is 0 Å². The normalized spacial score (nSPS) is 17.9. The molecule has 7 heteroatoms. The number of rotatable bonds is 3. The van der Waals surface area contributed by atoms with Crippen molar-refractivity contribution in [2.75, 3.05) is 20.4 Å². The number of methoxy groups -OCH3 is 1. The van der Waals surface area contributed by atoms with Crippen molar-refractivity contribution in [3.8, 4) is 11.5 Å². The molecule has 0 N–H and O–H groups in total. The maximum absolute atomic E-state index is 12.7. The molecule has 0 radical (unpaired) electrons. The van der Waals surface area contributed by atoms with Gasteiger partial charge in [0.25, 0.3) is 5.91 Å². The van der Waals surface area contributed by atoms with Crippen LogP contribution in [0, 0.1) is 0 Å². The Kier molecular flexibility index (Phi) is 4.36. The van der Waals surface area contributed by atoms with Crippen LogP contribution in [0.4, 0.5) is 0 Å². The van der Waals surface area contributed by atoms with Gasteiger partial charge in [0.1, 0.15) is 0 Å². The molecule has 2 heterocycles. The minimum absolute atomic E-state index is 0.163. The molecule has 2 aliphatic heterocycles. The number of halogens is 1. The van der Waals surface area contributed by atoms with E-state index in [1.165, 1.54) is 7.11 Å². The van der Waals surface area contributed by atoms with Gasteiger partial charge < -0.3 is 19.1 Å². The lowest BCUT2D eigenvalue weighted by Crippen LogP contribution is -2.24. The predicted molar refractivity (Wildman–Crippen MR) is 90.3 cm³/mol. The smallest absolute Gasteiger partial charge is 0.340 e. The molecule has 126 valence electrons. The molecule has 0 aliphatic carbocycles. The first-order chi connectivity index (χ1) is 11.5. The van der Waals surface area contributed by atoms with Gasteiger partial charge in [0.2, 0.25) is 6.79 Å². The summed E-state index contributed by atoms with van der Waals surface area (Å²) in [7, 11) is 1.30. The highest BCUT2D eigenvalue weighted by molar-refractivity contribution is 9.10.